The molecule has 2 N–H and O–H groups in total. The van der Waals surface area contributed by atoms with Gasteiger partial charge in [-0.05, 0) is 65.0 Å². The third kappa shape index (κ3) is 5.51. The summed E-state index contributed by atoms with van der Waals surface area (Å²) in [6.07, 6.45) is 8.71. The molecule has 2 rings (SSSR count). The molecule has 1 heterocycles. The van der Waals surface area contributed by atoms with Crippen molar-refractivity contribution in [3.63, 3.8) is 0 Å². The van der Waals surface area contributed by atoms with Gasteiger partial charge in [0.2, 0.25) is 0 Å². The summed E-state index contributed by atoms with van der Waals surface area (Å²) < 4.78 is 5.77. The molecule has 2 atom stereocenters. The predicted octanol–water partition coefficient (Wildman–Crippen LogP) is 2.16. The van der Waals surface area contributed by atoms with Crippen LogP contribution in [0, 0.1) is 0 Å². The van der Waals surface area contributed by atoms with Gasteiger partial charge in [-0.1, -0.05) is 6.92 Å². The minimum Gasteiger partial charge on any atom is -0.394 e. The first-order chi connectivity index (χ1) is 10.2. The highest BCUT2D eigenvalue weighted by atomic mass is 16.5. The van der Waals surface area contributed by atoms with Crippen LogP contribution in [-0.2, 0) is 4.74 Å². The molecule has 0 spiro atoms. The smallest absolute Gasteiger partial charge is 0.0702 e. The third-order valence-corrected chi connectivity index (χ3v) is 5.06. The molecule has 2 unspecified atom stereocenters. The van der Waals surface area contributed by atoms with Crippen molar-refractivity contribution in [2.75, 3.05) is 32.8 Å². The Morgan fingerprint density at radius 1 is 1.29 bits per heavy atom. The summed E-state index contributed by atoms with van der Waals surface area (Å²) in [4.78, 5) is 2.54. The molecule has 1 saturated carbocycles. The quantitative estimate of drug-likeness (QED) is 0.649. The van der Waals surface area contributed by atoms with E-state index in [0.29, 0.717) is 12.1 Å². The van der Waals surface area contributed by atoms with Gasteiger partial charge >= 0.3 is 0 Å². The van der Waals surface area contributed by atoms with Crippen LogP contribution >= 0.6 is 0 Å². The van der Waals surface area contributed by atoms with Crippen LogP contribution in [0.15, 0.2) is 0 Å². The second-order valence-corrected chi connectivity index (χ2v) is 6.83. The third-order valence-electron chi connectivity index (χ3n) is 5.06. The standard InChI is InChI=1S/C17H34N2O2/c1-3-17(14-20,18-15-8-9-15)10-6-12-19-11-5-7-16(13-19)21-4-2/h15-16,18,20H,3-14H2,1-2H3. The molecule has 1 aliphatic carbocycles. The maximum Gasteiger partial charge on any atom is 0.0702 e. The fourth-order valence-electron chi connectivity index (χ4n) is 3.48. The number of aliphatic hydroxyl groups excluding tert-OH is 1. The number of piperidine rings is 1. The van der Waals surface area contributed by atoms with Gasteiger partial charge in [0.25, 0.3) is 0 Å². The number of rotatable bonds is 10. The van der Waals surface area contributed by atoms with Crippen molar-refractivity contribution in [1.82, 2.24) is 10.2 Å². The van der Waals surface area contributed by atoms with Gasteiger partial charge in [-0.3, -0.25) is 0 Å². The van der Waals surface area contributed by atoms with Crippen LogP contribution in [0.2, 0.25) is 0 Å². The molecule has 0 aromatic carbocycles. The van der Waals surface area contributed by atoms with Crippen LogP contribution in [0.3, 0.4) is 0 Å². The molecule has 2 aliphatic rings. The van der Waals surface area contributed by atoms with Crippen LogP contribution in [0.1, 0.15) is 58.8 Å². The van der Waals surface area contributed by atoms with Gasteiger partial charge in [0.15, 0.2) is 0 Å². The molecule has 21 heavy (non-hydrogen) atoms. The molecule has 1 saturated heterocycles. The maximum atomic E-state index is 9.81. The molecule has 4 heteroatoms. The van der Waals surface area contributed by atoms with Gasteiger partial charge in [0.05, 0.1) is 12.7 Å². The van der Waals surface area contributed by atoms with Gasteiger partial charge in [-0.25, -0.2) is 0 Å². The zero-order valence-corrected chi connectivity index (χ0v) is 13.9. The lowest BCUT2D eigenvalue weighted by molar-refractivity contribution is 0.00465. The van der Waals surface area contributed by atoms with E-state index in [9.17, 15) is 5.11 Å². The van der Waals surface area contributed by atoms with Crippen LogP contribution in [0.4, 0.5) is 0 Å². The maximum absolute atomic E-state index is 9.81. The molecule has 0 amide bonds. The van der Waals surface area contributed by atoms with Gasteiger partial charge in [-0.2, -0.15) is 0 Å². The summed E-state index contributed by atoms with van der Waals surface area (Å²) in [5.74, 6) is 0. The van der Waals surface area contributed by atoms with E-state index < -0.39 is 0 Å². The van der Waals surface area contributed by atoms with Crippen molar-refractivity contribution in [2.45, 2.75) is 76.5 Å². The average molecular weight is 298 g/mol. The van der Waals surface area contributed by atoms with Gasteiger partial charge in [-0.15, -0.1) is 0 Å². The first kappa shape index (κ1) is 17.2. The molecule has 0 bridgehead atoms. The van der Waals surface area contributed by atoms with Crippen LogP contribution in [0.5, 0.6) is 0 Å². The van der Waals surface area contributed by atoms with Gasteiger partial charge in [0.1, 0.15) is 0 Å². The van der Waals surface area contributed by atoms with E-state index in [2.05, 4.69) is 24.1 Å². The summed E-state index contributed by atoms with van der Waals surface area (Å²) >= 11 is 0. The Bertz CT molecular complexity index is 289. The summed E-state index contributed by atoms with van der Waals surface area (Å²) in [7, 11) is 0. The molecular weight excluding hydrogens is 264 g/mol. The zero-order chi connectivity index (χ0) is 15.1. The van der Waals surface area contributed by atoms with E-state index in [-0.39, 0.29) is 12.1 Å². The van der Waals surface area contributed by atoms with E-state index in [0.717, 1.165) is 39.0 Å². The molecule has 0 aromatic rings. The Morgan fingerprint density at radius 2 is 2.10 bits per heavy atom. The number of nitrogens with one attached hydrogen (secondary N) is 1. The van der Waals surface area contributed by atoms with E-state index in [4.69, 9.17) is 4.74 Å². The first-order valence-corrected chi connectivity index (χ1v) is 8.94. The Hall–Kier alpha value is -0.160. The van der Waals surface area contributed by atoms with E-state index in [1.807, 2.05) is 0 Å². The number of likely N-dealkylation sites (tertiary alicyclic amines) is 1. The molecule has 2 fully saturated rings. The lowest BCUT2D eigenvalue weighted by atomic mass is 9.90. The highest BCUT2D eigenvalue weighted by molar-refractivity contribution is 4.94. The van der Waals surface area contributed by atoms with Crippen molar-refractivity contribution >= 4 is 0 Å². The molecular formula is C17H34N2O2. The summed E-state index contributed by atoms with van der Waals surface area (Å²) in [6, 6.07) is 0.662. The van der Waals surface area contributed by atoms with E-state index in [1.165, 1.54) is 32.2 Å². The van der Waals surface area contributed by atoms with Crippen molar-refractivity contribution in [3.8, 4) is 0 Å². The topological polar surface area (TPSA) is 44.7 Å². The normalized spacial score (nSPS) is 26.7. The molecule has 0 radical (unpaired) electrons. The largest absolute Gasteiger partial charge is 0.394 e. The van der Waals surface area contributed by atoms with Crippen molar-refractivity contribution in [3.05, 3.63) is 0 Å². The Kier molecular flexibility index (Phi) is 6.93. The highest BCUT2D eigenvalue weighted by Gasteiger charge is 2.34. The van der Waals surface area contributed by atoms with Crippen LogP contribution < -0.4 is 5.32 Å². The summed E-state index contributed by atoms with van der Waals surface area (Å²) in [6.45, 7) is 8.80. The molecule has 4 nitrogen and oxygen atoms in total. The zero-order valence-electron chi connectivity index (χ0n) is 13.9. The first-order valence-electron chi connectivity index (χ1n) is 8.94. The van der Waals surface area contributed by atoms with Crippen LogP contribution in [0.25, 0.3) is 0 Å². The molecule has 1 aliphatic heterocycles. The molecule has 124 valence electrons. The monoisotopic (exact) mass is 298 g/mol. The number of ether oxygens (including phenoxy) is 1. The number of hydrogen-bond donors (Lipinski definition) is 2. The second kappa shape index (κ2) is 8.47. The second-order valence-electron chi connectivity index (χ2n) is 6.83. The number of hydrogen-bond acceptors (Lipinski definition) is 4. The Balaban J connectivity index is 1.71. The average Bonchev–Trinajstić information content (AvgIpc) is 3.31. The summed E-state index contributed by atoms with van der Waals surface area (Å²) in [5, 5.41) is 13.5. The van der Waals surface area contributed by atoms with E-state index >= 15 is 0 Å². The fraction of sp³-hybridized carbons (Fsp3) is 1.00. The number of nitrogens with zero attached hydrogens (tertiary/aromatic N) is 1. The van der Waals surface area contributed by atoms with Crippen LogP contribution in [-0.4, -0.2) is 60.5 Å². The SMILES string of the molecule is CCOC1CCCN(CCCC(CC)(CO)NC2CC2)C1. The van der Waals surface area contributed by atoms with E-state index in [1.54, 1.807) is 0 Å². The van der Waals surface area contributed by atoms with Crippen molar-refractivity contribution < 1.29 is 9.84 Å². The van der Waals surface area contributed by atoms with Gasteiger partial charge in [0, 0.05) is 24.7 Å². The predicted molar refractivity (Wildman–Crippen MR) is 86.6 cm³/mol. The fourth-order valence-corrected chi connectivity index (χ4v) is 3.48. The minimum atomic E-state index is -0.0454. The van der Waals surface area contributed by atoms with Crippen molar-refractivity contribution in [1.29, 1.82) is 0 Å². The lowest BCUT2D eigenvalue weighted by Crippen LogP contribution is -2.50. The Labute approximate surface area is 130 Å². The highest BCUT2D eigenvalue weighted by Crippen LogP contribution is 2.27. The summed E-state index contributed by atoms with van der Waals surface area (Å²) in [5.41, 5.74) is -0.0454. The lowest BCUT2D eigenvalue weighted by Gasteiger charge is -2.35. The Morgan fingerprint density at radius 3 is 2.71 bits per heavy atom. The van der Waals surface area contributed by atoms with Gasteiger partial charge < -0.3 is 20.1 Å². The minimum absolute atomic E-state index is 0.0454. The number of aliphatic hydroxyl groups is 1. The molecule has 0 aromatic heterocycles. The van der Waals surface area contributed by atoms with Crippen molar-refractivity contribution in [2.24, 2.45) is 0 Å².